The molecule has 2 aromatic rings. The van der Waals surface area contributed by atoms with Crippen LogP contribution in [0, 0.1) is 0 Å². The third kappa shape index (κ3) is 4.10. The van der Waals surface area contributed by atoms with E-state index in [4.69, 9.17) is 0 Å². The number of rotatable bonds is 5. The largest absolute Gasteiger partial charge is 0.354 e. The molecule has 2 N–H and O–H groups in total. The van der Waals surface area contributed by atoms with Crippen LogP contribution < -0.4 is 10.6 Å². The standard InChI is InChI=1S/C16H19N3O/c1-19(2)12-16(20)18-15-11-7-6-10-14(15)17-13-8-4-3-5-9-13/h3-11,17H,12H2,1-2H3,(H,18,20). The highest BCUT2D eigenvalue weighted by atomic mass is 16.2. The summed E-state index contributed by atoms with van der Waals surface area (Å²) in [5.41, 5.74) is 2.65. The van der Waals surface area contributed by atoms with Gasteiger partial charge in [0.25, 0.3) is 0 Å². The van der Waals surface area contributed by atoms with Crippen LogP contribution in [0.2, 0.25) is 0 Å². The molecule has 1 amide bonds. The average molecular weight is 269 g/mol. The molecule has 2 aromatic carbocycles. The second-order valence-electron chi connectivity index (χ2n) is 4.82. The first kappa shape index (κ1) is 14.1. The molecule has 104 valence electrons. The quantitative estimate of drug-likeness (QED) is 0.877. The predicted molar refractivity (Wildman–Crippen MR) is 83.4 cm³/mol. The lowest BCUT2D eigenvalue weighted by Crippen LogP contribution is -2.27. The number of likely N-dealkylation sites (N-methyl/N-ethyl adjacent to an activating group) is 1. The number of carbonyl (C=O) groups is 1. The maximum Gasteiger partial charge on any atom is 0.238 e. The van der Waals surface area contributed by atoms with Gasteiger partial charge in [-0.1, -0.05) is 30.3 Å². The number of benzene rings is 2. The number of nitrogens with one attached hydrogen (secondary N) is 2. The Morgan fingerprint density at radius 3 is 2.20 bits per heavy atom. The molecule has 0 fully saturated rings. The summed E-state index contributed by atoms with van der Waals surface area (Å²) in [7, 11) is 3.74. The molecule has 0 radical (unpaired) electrons. The smallest absolute Gasteiger partial charge is 0.238 e. The van der Waals surface area contributed by atoms with E-state index in [2.05, 4.69) is 10.6 Å². The Balaban J connectivity index is 2.12. The Kier molecular flexibility index (Phi) is 4.74. The van der Waals surface area contributed by atoms with Crippen molar-refractivity contribution < 1.29 is 4.79 Å². The van der Waals surface area contributed by atoms with E-state index in [-0.39, 0.29) is 5.91 Å². The second-order valence-corrected chi connectivity index (χ2v) is 4.82. The van der Waals surface area contributed by atoms with E-state index in [9.17, 15) is 4.79 Å². The van der Waals surface area contributed by atoms with E-state index >= 15 is 0 Å². The van der Waals surface area contributed by atoms with Gasteiger partial charge in [0.2, 0.25) is 5.91 Å². The van der Waals surface area contributed by atoms with E-state index in [0.717, 1.165) is 17.1 Å². The van der Waals surface area contributed by atoms with Crippen molar-refractivity contribution in [3.63, 3.8) is 0 Å². The van der Waals surface area contributed by atoms with Gasteiger partial charge >= 0.3 is 0 Å². The highest BCUT2D eigenvalue weighted by Crippen LogP contribution is 2.24. The van der Waals surface area contributed by atoms with Crippen molar-refractivity contribution in [2.24, 2.45) is 0 Å². The Labute approximate surface area is 119 Å². The fraction of sp³-hybridized carbons (Fsp3) is 0.188. The van der Waals surface area contributed by atoms with Gasteiger partial charge in [0, 0.05) is 5.69 Å². The van der Waals surface area contributed by atoms with E-state index in [1.54, 1.807) is 0 Å². The topological polar surface area (TPSA) is 44.4 Å². The lowest BCUT2D eigenvalue weighted by atomic mass is 10.2. The van der Waals surface area contributed by atoms with Crippen molar-refractivity contribution in [2.75, 3.05) is 31.3 Å². The molecular formula is C16H19N3O. The van der Waals surface area contributed by atoms with Gasteiger partial charge in [0.1, 0.15) is 0 Å². The number of nitrogens with zero attached hydrogens (tertiary/aromatic N) is 1. The first-order chi connectivity index (χ1) is 9.65. The average Bonchev–Trinajstić information content (AvgIpc) is 2.41. The van der Waals surface area contributed by atoms with E-state index in [1.165, 1.54) is 0 Å². The van der Waals surface area contributed by atoms with Crippen molar-refractivity contribution in [2.45, 2.75) is 0 Å². The summed E-state index contributed by atoms with van der Waals surface area (Å²) in [6.07, 6.45) is 0. The Morgan fingerprint density at radius 2 is 1.55 bits per heavy atom. The van der Waals surface area contributed by atoms with Crippen LogP contribution in [0.1, 0.15) is 0 Å². The van der Waals surface area contributed by atoms with Crippen molar-refractivity contribution in [1.82, 2.24) is 4.90 Å². The molecule has 0 unspecified atom stereocenters. The van der Waals surface area contributed by atoms with Gasteiger partial charge in [-0.05, 0) is 38.4 Å². The maximum absolute atomic E-state index is 11.8. The molecule has 0 saturated carbocycles. The molecule has 0 aliphatic carbocycles. The molecular weight excluding hydrogens is 250 g/mol. The van der Waals surface area contributed by atoms with E-state index in [0.29, 0.717) is 6.54 Å². The molecule has 0 atom stereocenters. The molecule has 4 heteroatoms. The van der Waals surface area contributed by atoms with Crippen molar-refractivity contribution in [1.29, 1.82) is 0 Å². The second kappa shape index (κ2) is 6.73. The van der Waals surface area contributed by atoms with Crippen LogP contribution in [0.15, 0.2) is 54.6 Å². The number of anilines is 3. The highest BCUT2D eigenvalue weighted by molar-refractivity contribution is 5.96. The summed E-state index contributed by atoms with van der Waals surface area (Å²) < 4.78 is 0. The Hall–Kier alpha value is -2.33. The summed E-state index contributed by atoms with van der Waals surface area (Å²) in [4.78, 5) is 13.7. The zero-order valence-corrected chi connectivity index (χ0v) is 11.8. The van der Waals surface area contributed by atoms with Crippen LogP contribution >= 0.6 is 0 Å². The molecule has 20 heavy (non-hydrogen) atoms. The minimum absolute atomic E-state index is 0.0303. The molecule has 0 bridgehead atoms. The molecule has 0 heterocycles. The van der Waals surface area contributed by atoms with Gasteiger partial charge in [-0.2, -0.15) is 0 Å². The number of carbonyl (C=O) groups excluding carboxylic acids is 1. The SMILES string of the molecule is CN(C)CC(=O)Nc1ccccc1Nc1ccccc1. The van der Waals surface area contributed by atoms with Crippen molar-refractivity contribution in [3.8, 4) is 0 Å². The summed E-state index contributed by atoms with van der Waals surface area (Å²) in [6, 6.07) is 17.5. The van der Waals surface area contributed by atoms with Gasteiger partial charge in [-0.3, -0.25) is 4.79 Å². The lowest BCUT2D eigenvalue weighted by molar-refractivity contribution is -0.116. The van der Waals surface area contributed by atoms with Gasteiger partial charge in [0.15, 0.2) is 0 Å². The number of para-hydroxylation sites is 3. The molecule has 0 aliphatic heterocycles. The van der Waals surface area contributed by atoms with Crippen LogP contribution in [0.4, 0.5) is 17.1 Å². The van der Waals surface area contributed by atoms with Crippen LogP contribution in [-0.2, 0) is 4.79 Å². The maximum atomic E-state index is 11.8. The zero-order chi connectivity index (χ0) is 14.4. The number of amides is 1. The summed E-state index contributed by atoms with van der Waals surface area (Å²) in [6.45, 7) is 0.361. The monoisotopic (exact) mass is 269 g/mol. The molecule has 0 saturated heterocycles. The van der Waals surface area contributed by atoms with E-state index in [1.807, 2.05) is 73.6 Å². The molecule has 0 aromatic heterocycles. The van der Waals surface area contributed by atoms with E-state index < -0.39 is 0 Å². The van der Waals surface area contributed by atoms with Crippen LogP contribution in [-0.4, -0.2) is 31.4 Å². The van der Waals surface area contributed by atoms with Crippen LogP contribution in [0.3, 0.4) is 0 Å². The highest BCUT2D eigenvalue weighted by Gasteiger charge is 2.07. The van der Waals surface area contributed by atoms with Gasteiger partial charge in [-0.25, -0.2) is 0 Å². The summed E-state index contributed by atoms with van der Waals surface area (Å²) in [5, 5.41) is 6.22. The number of hydrogen-bond donors (Lipinski definition) is 2. The first-order valence-electron chi connectivity index (χ1n) is 6.51. The van der Waals surface area contributed by atoms with Crippen LogP contribution in [0.25, 0.3) is 0 Å². The Morgan fingerprint density at radius 1 is 0.950 bits per heavy atom. The van der Waals surface area contributed by atoms with Crippen molar-refractivity contribution in [3.05, 3.63) is 54.6 Å². The van der Waals surface area contributed by atoms with Gasteiger partial charge in [-0.15, -0.1) is 0 Å². The third-order valence-corrected chi connectivity index (χ3v) is 2.71. The first-order valence-corrected chi connectivity index (χ1v) is 6.51. The lowest BCUT2D eigenvalue weighted by Gasteiger charge is -2.14. The van der Waals surface area contributed by atoms with Gasteiger partial charge in [0.05, 0.1) is 17.9 Å². The minimum Gasteiger partial charge on any atom is -0.354 e. The van der Waals surface area contributed by atoms with Gasteiger partial charge < -0.3 is 15.5 Å². The normalized spacial score (nSPS) is 10.3. The fourth-order valence-corrected chi connectivity index (χ4v) is 1.86. The third-order valence-electron chi connectivity index (χ3n) is 2.71. The zero-order valence-electron chi connectivity index (χ0n) is 11.8. The molecule has 4 nitrogen and oxygen atoms in total. The predicted octanol–water partition coefficient (Wildman–Crippen LogP) is 2.93. The summed E-state index contributed by atoms with van der Waals surface area (Å²) >= 11 is 0. The van der Waals surface area contributed by atoms with Crippen LogP contribution in [0.5, 0.6) is 0 Å². The fourth-order valence-electron chi connectivity index (χ4n) is 1.86. The van der Waals surface area contributed by atoms with Crippen molar-refractivity contribution >= 4 is 23.0 Å². The molecule has 2 rings (SSSR count). The summed E-state index contributed by atoms with van der Waals surface area (Å²) in [5.74, 6) is -0.0303. The molecule has 0 spiro atoms. The number of hydrogen-bond acceptors (Lipinski definition) is 3. The Bertz CT molecular complexity index is 567. The minimum atomic E-state index is -0.0303. The molecule has 0 aliphatic rings.